The van der Waals surface area contributed by atoms with Gasteiger partial charge in [0.1, 0.15) is 5.75 Å². The van der Waals surface area contributed by atoms with Crippen LogP contribution in [-0.4, -0.2) is 13.7 Å². The summed E-state index contributed by atoms with van der Waals surface area (Å²) in [5.74, 6) is 0.885. The molecule has 0 aliphatic carbocycles. The minimum absolute atomic E-state index is 0.178. The van der Waals surface area contributed by atoms with Gasteiger partial charge in [0.25, 0.3) is 0 Å². The fraction of sp³-hybridized carbons (Fsp3) is 0.250. The van der Waals surface area contributed by atoms with Crippen molar-refractivity contribution in [1.29, 1.82) is 0 Å². The maximum Gasteiger partial charge on any atom is 0.119 e. The molecule has 0 saturated heterocycles. The van der Waals surface area contributed by atoms with Gasteiger partial charge >= 0.3 is 0 Å². The normalized spacial score (nSPS) is 12.2. The summed E-state index contributed by atoms with van der Waals surface area (Å²) in [4.78, 5) is 0. The molecule has 1 N–H and O–H groups in total. The van der Waals surface area contributed by atoms with E-state index in [0.29, 0.717) is 0 Å². The van der Waals surface area contributed by atoms with Gasteiger partial charge in [0.15, 0.2) is 0 Å². The number of hydrogen-bond donors (Lipinski definition) is 1. The third-order valence-electron chi connectivity index (χ3n) is 3.02. The lowest BCUT2D eigenvalue weighted by atomic mass is 9.98. The number of rotatable bonds is 5. The Kier molecular flexibility index (Phi) is 5.00. The summed E-state index contributed by atoms with van der Waals surface area (Å²) in [6.45, 7) is 3.03. The molecule has 100 valence electrons. The van der Waals surface area contributed by atoms with Crippen LogP contribution < -0.4 is 10.1 Å². The van der Waals surface area contributed by atoms with E-state index in [1.807, 2.05) is 18.2 Å². The van der Waals surface area contributed by atoms with Crippen LogP contribution in [-0.2, 0) is 0 Å². The van der Waals surface area contributed by atoms with Crippen molar-refractivity contribution in [1.82, 2.24) is 5.32 Å². The van der Waals surface area contributed by atoms with Crippen LogP contribution in [0.1, 0.15) is 24.1 Å². The molecule has 0 aliphatic heterocycles. The molecule has 19 heavy (non-hydrogen) atoms. The van der Waals surface area contributed by atoms with Crippen LogP contribution in [0.4, 0.5) is 0 Å². The van der Waals surface area contributed by atoms with Crippen LogP contribution in [0.5, 0.6) is 5.75 Å². The van der Waals surface area contributed by atoms with E-state index in [1.54, 1.807) is 7.11 Å². The standard InChI is InChI=1S/C16H18BrNO/c1-3-18-16(12-6-4-8-14(17)10-12)13-7-5-9-15(11-13)19-2/h4-11,16,18H,3H2,1-2H3. The minimum Gasteiger partial charge on any atom is -0.497 e. The van der Waals surface area contributed by atoms with E-state index < -0.39 is 0 Å². The molecule has 0 fully saturated rings. The molecule has 2 nitrogen and oxygen atoms in total. The van der Waals surface area contributed by atoms with E-state index in [2.05, 4.69) is 58.5 Å². The first kappa shape index (κ1) is 14.1. The van der Waals surface area contributed by atoms with Gasteiger partial charge in [-0.1, -0.05) is 47.1 Å². The highest BCUT2D eigenvalue weighted by molar-refractivity contribution is 9.10. The highest BCUT2D eigenvalue weighted by atomic mass is 79.9. The van der Waals surface area contributed by atoms with Crippen LogP contribution in [0.15, 0.2) is 53.0 Å². The predicted octanol–water partition coefficient (Wildman–Crippen LogP) is 4.16. The number of benzene rings is 2. The highest BCUT2D eigenvalue weighted by Crippen LogP contribution is 2.26. The van der Waals surface area contributed by atoms with E-state index in [-0.39, 0.29) is 6.04 Å². The second kappa shape index (κ2) is 6.73. The van der Waals surface area contributed by atoms with Crippen molar-refractivity contribution in [3.8, 4) is 5.75 Å². The minimum atomic E-state index is 0.178. The van der Waals surface area contributed by atoms with Gasteiger partial charge in [0, 0.05) is 4.47 Å². The summed E-state index contributed by atoms with van der Waals surface area (Å²) >= 11 is 3.53. The molecule has 1 unspecified atom stereocenters. The maximum absolute atomic E-state index is 5.31. The lowest BCUT2D eigenvalue weighted by molar-refractivity contribution is 0.413. The first-order valence-electron chi connectivity index (χ1n) is 6.37. The first-order chi connectivity index (χ1) is 9.24. The molecule has 2 aromatic rings. The molecular formula is C16H18BrNO. The number of nitrogens with one attached hydrogen (secondary N) is 1. The molecule has 0 heterocycles. The van der Waals surface area contributed by atoms with Crippen molar-refractivity contribution in [3.05, 3.63) is 64.1 Å². The zero-order chi connectivity index (χ0) is 13.7. The van der Waals surface area contributed by atoms with E-state index in [4.69, 9.17) is 4.74 Å². The Morgan fingerprint density at radius 1 is 1.11 bits per heavy atom. The van der Waals surface area contributed by atoms with Crippen LogP contribution >= 0.6 is 15.9 Å². The second-order valence-electron chi connectivity index (χ2n) is 4.32. The van der Waals surface area contributed by atoms with Gasteiger partial charge in [-0.05, 0) is 41.9 Å². The van der Waals surface area contributed by atoms with Crippen LogP contribution in [0.25, 0.3) is 0 Å². The number of hydrogen-bond acceptors (Lipinski definition) is 2. The Hall–Kier alpha value is -1.32. The van der Waals surface area contributed by atoms with Gasteiger partial charge in [-0.15, -0.1) is 0 Å². The second-order valence-corrected chi connectivity index (χ2v) is 5.24. The lowest BCUT2D eigenvalue weighted by Gasteiger charge is -2.19. The summed E-state index contributed by atoms with van der Waals surface area (Å²) in [6.07, 6.45) is 0. The molecule has 3 heteroatoms. The molecule has 0 radical (unpaired) electrons. The highest BCUT2D eigenvalue weighted by Gasteiger charge is 2.13. The van der Waals surface area contributed by atoms with Crippen LogP contribution in [0.3, 0.4) is 0 Å². The fourth-order valence-electron chi connectivity index (χ4n) is 2.14. The van der Waals surface area contributed by atoms with Crippen molar-refractivity contribution in [2.75, 3.05) is 13.7 Å². The maximum atomic E-state index is 5.31. The van der Waals surface area contributed by atoms with E-state index in [1.165, 1.54) is 11.1 Å². The summed E-state index contributed by atoms with van der Waals surface area (Å²) in [7, 11) is 1.69. The van der Waals surface area contributed by atoms with E-state index in [0.717, 1.165) is 16.8 Å². The number of halogens is 1. The molecule has 2 aromatic carbocycles. The molecule has 0 saturated carbocycles. The van der Waals surface area contributed by atoms with Gasteiger partial charge in [-0.2, -0.15) is 0 Å². The number of ether oxygens (including phenoxy) is 1. The average molecular weight is 320 g/mol. The Morgan fingerprint density at radius 2 is 1.79 bits per heavy atom. The van der Waals surface area contributed by atoms with Crippen LogP contribution in [0, 0.1) is 0 Å². The predicted molar refractivity (Wildman–Crippen MR) is 82.7 cm³/mol. The molecule has 2 rings (SSSR count). The largest absolute Gasteiger partial charge is 0.497 e. The molecular weight excluding hydrogens is 302 g/mol. The quantitative estimate of drug-likeness (QED) is 0.893. The lowest BCUT2D eigenvalue weighted by Crippen LogP contribution is -2.21. The van der Waals surface area contributed by atoms with Crippen molar-refractivity contribution in [2.24, 2.45) is 0 Å². The van der Waals surface area contributed by atoms with Gasteiger partial charge in [-0.3, -0.25) is 0 Å². The Morgan fingerprint density at radius 3 is 2.42 bits per heavy atom. The molecule has 0 aromatic heterocycles. The van der Waals surface area contributed by atoms with Crippen molar-refractivity contribution in [2.45, 2.75) is 13.0 Å². The molecule has 0 amide bonds. The van der Waals surface area contributed by atoms with Crippen LogP contribution in [0.2, 0.25) is 0 Å². The van der Waals surface area contributed by atoms with Crippen molar-refractivity contribution in [3.63, 3.8) is 0 Å². The third-order valence-corrected chi connectivity index (χ3v) is 3.51. The van der Waals surface area contributed by atoms with Gasteiger partial charge < -0.3 is 10.1 Å². The molecule has 0 bridgehead atoms. The van der Waals surface area contributed by atoms with Gasteiger partial charge in [-0.25, -0.2) is 0 Å². The smallest absolute Gasteiger partial charge is 0.119 e. The van der Waals surface area contributed by atoms with E-state index in [9.17, 15) is 0 Å². The molecule has 0 aliphatic rings. The Balaban J connectivity index is 2.38. The zero-order valence-corrected chi connectivity index (χ0v) is 12.8. The molecule has 0 spiro atoms. The Labute approximate surface area is 122 Å². The fourth-order valence-corrected chi connectivity index (χ4v) is 2.56. The van der Waals surface area contributed by atoms with Crippen molar-refractivity contribution >= 4 is 15.9 Å². The van der Waals surface area contributed by atoms with Gasteiger partial charge in [0.2, 0.25) is 0 Å². The Bertz CT molecular complexity index is 542. The van der Waals surface area contributed by atoms with E-state index >= 15 is 0 Å². The SMILES string of the molecule is CCNC(c1cccc(Br)c1)c1cccc(OC)c1. The van der Waals surface area contributed by atoms with Crippen molar-refractivity contribution < 1.29 is 4.74 Å². The topological polar surface area (TPSA) is 21.3 Å². The summed E-state index contributed by atoms with van der Waals surface area (Å²) in [6, 6.07) is 16.7. The monoisotopic (exact) mass is 319 g/mol. The summed E-state index contributed by atoms with van der Waals surface area (Å²) in [5, 5.41) is 3.52. The average Bonchev–Trinajstić information content (AvgIpc) is 2.45. The third kappa shape index (κ3) is 3.58. The van der Waals surface area contributed by atoms with Gasteiger partial charge in [0.05, 0.1) is 13.2 Å². The summed E-state index contributed by atoms with van der Waals surface area (Å²) in [5.41, 5.74) is 2.45. The number of methoxy groups -OCH3 is 1. The molecule has 1 atom stereocenters. The first-order valence-corrected chi connectivity index (χ1v) is 7.16. The zero-order valence-electron chi connectivity index (χ0n) is 11.2. The summed E-state index contributed by atoms with van der Waals surface area (Å²) < 4.78 is 6.40.